The van der Waals surface area contributed by atoms with Gasteiger partial charge in [-0.25, -0.2) is 4.84 Å². The Labute approximate surface area is 233 Å². The Morgan fingerprint density at radius 2 is 1.85 bits per heavy atom. The summed E-state index contributed by atoms with van der Waals surface area (Å²) in [7, 11) is 2.20. The van der Waals surface area contributed by atoms with Crippen LogP contribution in [-0.2, 0) is 9.57 Å². The van der Waals surface area contributed by atoms with Crippen LogP contribution in [0.4, 0.5) is 5.69 Å². The van der Waals surface area contributed by atoms with Gasteiger partial charge in [0, 0.05) is 56.0 Å². The lowest BCUT2D eigenvalue weighted by Crippen LogP contribution is -2.50. The first kappa shape index (κ1) is 32.3. The van der Waals surface area contributed by atoms with Crippen LogP contribution in [0.1, 0.15) is 49.5 Å². The number of carbonyl (C=O) groups excluding carboxylic acids is 1. The zero-order valence-electron chi connectivity index (χ0n) is 24.2. The minimum Gasteiger partial charge on any atom is -0.380 e. The number of nitrogens with one attached hydrogen (secondary N) is 1. The molecule has 2 aromatic carbocycles. The van der Waals surface area contributed by atoms with Gasteiger partial charge < -0.3 is 14.7 Å². The van der Waals surface area contributed by atoms with Crippen molar-refractivity contribution < 1.29 is 19.5 Å². The van der Waals surface area contributed by atoms with Gasteiger partial charge in [-0.05, 0) is 69.6 Å². The highest BCUT2D eigenvalue weighted by Crippen LogP contribution is 2.14. The predicted octanol–water partition coefficient (Wildman–Crippen LogP) is 5.16. The number of rotatable bonds is 10. The van der Waals surface area contributed by atoms with E-state index in [0.717, 1.165) is 38.0 Å². The smallest absolute Gasteiger partial charge is 0.180 e. The molecule has 0 amide bonds. The Bertz CT molecular complexity index is 1070. The summed E-state index contributed by atoms with van der Waals surface area (Å²) < 4.78 is 5.49. The lowest BCUT2D eigenvalue weighted by atomic mass is 10.1. The zero-order chi connectivity index (χ0) is 28.5. The molecule has 4 rings (SSSR count). The van der Waals surface area contributed by atoms with Gasteiger partial charge >= 0.3 is 0 Å². The SMILES string of the molecule is CCC(O)ONc1ccc(C=O)cc1.CCCOCCN1CCN(C)C(C)C1.Cc1cccc2cccnc12. The summed E-state index contributed by atoms with van der Waals surface area (Å²) in [6.45, 7) is 14.8. The fourth-order valence-electron chi connectivity index (χ4n) is 3.87. The number of aromatic nitrogens is 1. The fraction of sp³-hybridized carbons (Fsp3) is 0.484. The molecule has 2 N–H and O–H groups in total. The Morgan fingerprint density at radius 1 is 1.10 bits per heavy atom. The van der Waals surface area contributed by atoms with E-state index in [0.29, 0.717) is 23.7 Å². The summed E-state index contributed by atoms with van der Waals surface area (Å²) in [5.74, 6) is 0. The van der Waals surface area contributed by atoms with Crippen molar-refractivity contribution in [3.8, 4) is 0 Å². The summed E-state index contributed by atoms with van der Waals surface area (Å²) >= 11 is 0. The number of hydrogen-bond donors (Lipinski definition) is 2. The summed E-state index contributed by atoms with van der Waals surface area (Å²) in [5, 5.41) is 10.3. The maximum absolute atomic E-state index is 10.3. The van der Waals surface area contributed by atoms with Gasteiger partial charge in [0.1, 0.15) is 6.29 Å². The van der Waals surface area contributed by atoms with E-state index in [1.807, 2.05) is 19.2 Å². The number of benzene rings is 2. The van der Waals surface area contributed by atoms with E-state index in [-0.39, 0.29) is 0 Å². The van der Waals surface area contributed by atoms with Crippen molar-refractivity contribution in [1.82, 2.24) is 14.8 Å². The molecule has 214 valence electrons. The molecule has 0 aliphatic carbocycles. The van der Waals surface area contributed by atoms with Crippen LogP contribution in [-0.4, -0.2) is 84.9 Å². The molecular formula is C31H46N4O4. The van der Waals surface area contributed by atoms with Crippen molar-refractivity contribution in [2.24, 2.45) is 0 Å². The summed E-state index contributed by atoms with van der Waals surface area (Å²) in [6, 6.07) is 17.7. The van der Waals surface area contributed by atoms with E-state index >= 15 is 0 Å². The molecule has 8 nitrogen and oxygen atoms in total. The molecule has 0 radical (unpaired) electrons. The van der Waals surface area contributed by atoms with Crippen LogP contribution in [0.3, 0.4) is 0 Å². The molecule has 1 saturated heterocycles. The third kappa shape index (κ3) is 12.2. The number of carbonyl (C=O) groups is 1. The molecule has 2 atom stereocenters. The van der Waals surface area contributed by atoms with Crippen molar-refractivity contribution in [2.75, 3.05) is 51.9 Å². The van der Waals surface area contributed by atoms with Crippen LogP contribution in [0.5, 0.6) is 0 Å². The molecule has 0 saturated carbocycles. The van der Waals surface area contributed by atoms with Crippen molar-refractivity contribution in [2.45, 2.75) is 52.9 Å². The van der Waals surface area contributed by atoms with Crippen LogP contribution in [0, 0.1) is 6.92 Å². The van der Waals surface area contributed by atoms with Gasteiger partial charge in [0.05, 0.1) is 17.8 Å². The van der Waals surface area contributed by atoms with E-state index < -0.39 is 6.29 Å². The van der Waals surface area contributed by atoms with E-state index in [1.54, 1.807) is 24.3 Å². The number of para-hydroxylation sites is 1. The van der Waals surface area contributed by atoms with Gasteiger partial charge in [-0.15, -0.1) is 0 Å². The first-order chi connectivity index (χ1) is 18.9. The third-order valence-electron chi connectivity index (χ3n) is 6.49. The Kier molecular flexibility index (Phi) is 15.3. The number of anilines is 1. The molecule has 1 aliphatic rings. The van der Waals surface area contributed by atoms with Crippen molar-refractivity contribution >= 4 is 22.9 Å². The molecule has 0 spiro atoms. The molecule has 3 aromatic rings. The van der Waals surface area contributed by atoms with Crippen molar-refractivity contribution in [1.29, 1.82) is 0 Å². The summed E-state index contributed by atoms with van der Waals surface area (Å²) in [6.07, 6.45) is 3.42. The fourth-order valence-corrected chi connectivity index (χ4v) is 3.87. The normalized spacial score (nSPS) is 16.4. The minimum absolute atomic E-state index is 0.513. The average molecular weight is 539 g/mol. The molecule has 8 heteroatoms. The van der Waals surface area contributed by atoms with Gasteiger partial charge in [-0.2, -0.15) is 0 Å². The number of piperazine rings is 1. The summed E-state index contributed by atoms with van der Waals surface area (Å²) in [4.78, 5) is 24.4. The van der Waals surface area contributed by atoms with Crippen LogP contribution >= 0.6 is 0 Å². The second-order valence-corrected chi connectivity index (χ2v) is 9.72. The largest absolute Gasteiger partial charge is 0.380 e. The number of likely N-dealkylation sites (N-methyl/N-ethyl adjacent to an activating group) is 1. The van der Waals surface area contributed by atoms with Crippen molar-refractivity contribution in [3.63, 3.8) is 0 Å². The number of hydrogen-bond acceptors (Lipinski definition) is 8. The van der Waals surface area contributed by atoms with Crippen LogP contribution in [0.25, 0.3) is 10.9 Å². The zero-order valence-corrected chi connectivity index (χ0v) is 24.2. The predicted molar refractivity (Wildman–Crippen MR) is 159 cm³/mol. The molecule has 0 bridgehead atoms. The average Bonchev–Trinajstić information content (AvgIpc) is 2.97. The van der Waals surface area contributed by atoms with E-state index in [1.165, 1.54) is 30.6 Å². The Balaban J connectivity index is 0.000000206. The highest BCUT2D eigenvalue weighted by atomic mass is 16.7. The highest BCUT2D eigenvalue weighted by molar-refractivity contribution is 5.81. The van der Waals surface area contributed by atoms with Crippen LogP contribution in [0.15, 0.2) is 60.8 Å². The van der Waals surface area contributed by atoms with Crippen LogP contribution in [0.2, 0.25) is 0 Å². The van der Waals surface area contributed by atoms with Crippen LogP contribution < -0.4 is 5.48 Å². The summed E-state index contributed by atoms with van der Waals surface area (Å²) in [5.41, 5.74) is 6.23. The van der Waals surface area contributed by atoms with E-state index in [4.69, 9.17) is 14.7 Å². The highest BCUT2D eigenvalue weighted by Gasteiger charge is 2.19. The van der Waals surface area contributed by atoms with Crippen molar-refractivity contribution in [3.05, 3.63) is 71.9 Å². The second-order valence-electron chi connectivity index (χ2n) is 9.72. The maximum atomic E-state index is 10.3. The van der Waals surface area contributed by atoms with Gasteiger partial charge in [0.25, 0.3) is 0 Å². The van der Waals surface area contributed by atoms with E-state index in [2.05, 4.69) is 72.3 Å². The number of aldehydes is 1. The number of pyridine rings is 1. The number of ether oxygens (including phenoxy) is 1. The van der Waals surface area contributed by atoms with E-state index in [9.17, 15) is 4.79 Å². The quantitative estimate of drug-likeness (QED) is 0.158. The number of fused-ring (bicyclic) bond motifs is 1. The standard InChI is InChI=1S/C11H24N2O.C10H13NO3.C10H9N/c1-4-8-14-9-7-13-6-5-12(3)11(2)10-13;1-2-10(13)14-11-9-5-3-8(7-12)4-6-9;1-8-4-2-5-9-6-3-7-11-10(8)9/h11H,4-10H2,1-3H3;3-7,10-11,13H,2H2,1H3;2-7H,1H3. The molecule has 1 aliphatic heterocycles. The van der Waals surface area contributed by atoms with Gasteiger partial charge in [-0.3, -0.25) is 20.2 Å². The monoisotopic (exact) mass is 538 g/mol. The molecule has 2 unspecified atom stereocenters. The minimum atomic E-state index is -0.819. The third-order valence-corrected chi connectivity index (χ3v) is 6.49. The molecule has 39 heavy (non-hydrogen) atoms. The first-order valence-electron chi connectivity index (χ1n) is 13.8. The van der Waals surface area contributed by atoms with Gasteiger partial charge in [0.2, 0.25) is 0 Å². The second kappa shape index (κ2) is 18.4. The molecule has 1 fully saturated rings. The lowest BCUT2D eigenvalue weighted by molar-refractivity contribution is -0.0757. The van der Waals surface area contributed by atoms with Gasteiger partial charge in [0.15, 0.2) is 6.29 Å². The molecule has 1 aromatic heterocycles. The topological polar surface area (TPSA) is 87.2 Å². The number of aliphatic hydroxyl groups excluding tert-OH is 1. The molecular weight excluding hydrogens is 492 g/mol. The number of aliphatic hydroxyl groups is 1. The molecule has 2 heterocycles. The number of nitrogens with zero attached hydrogens (tertiary/aromatic N) is 3. The Morgan fingerprint density at radius 3 is 2.49 bits per heavy atom. The first-order valence-corrected chi connectivity index (χ1v) is 13.8. The number of aryl methyl sites for hydroxylation is 1. The lowest BCUT2D eigenvalue weighted by Gasteiger charge is -2.37. The Hall–Kier alpha value is -2.88. The van der Waals surface area contributed by atoms with Gasteiger partial charge in [-0.1, -0.05) is 38.1 Å². The maximum Gasteiger partial charge on any atom is 0.180 e.